The summed E-state index contributed by atoms with van der Waals surface area (Å²) in [6, 6.07) is 27.9. The predicted molar refractivity (Wildman–Crippen MR) is 135 cm³/mol. The zero-order chi connectivity index (χ0) is 25.1. The van der Waals surface area contributed by atoms with Crippen LogP contribution >= 0.6 is 0 Å². The van der Waals surface area contributed by atoms with Gasteiger partial charge in [-0.3, -0.25) is 14.5 Å². The average Bonchev–Trinajstić information content (AvgIpc) is 3.08. The molecule has 1 heterocycles. The van der Waals surface area contributed by atoms with Gasteiger partial charge in [-0.25, -0.2) is 4.79 Å². The van der Waals surface area contributed by atoms with Gasteiger partial charge in [0.2, 0.25) is 5.91 Å². The number of rotatable bonds is 7. The first kappa shape index (κ1) is 24.2. The van der Waals surface area contributed by atoms with Crippen molar-refractivity contribution in [3.8, 4) is 0 Å². The summed E-state index contributed by atoms with van der Waals surface area (Å²) in [5.41, 5.74) is 0.821. The fourth-order valence-electron chi connectivity index (χ4n) is 4.50. The van der Waals surface area contributed by atoms with E-state index in [4.69, 9.17) is 0 Å². The molecule has 0 aromatic heterocycles. The topological polar surface area (TPSA) is 69.7 Å². The number of nitrogens with zero attached hydrogens (tertiary/aromatic N) is 2. The Bertz CT molecular complexity index is 1190. The monoisotopic (exact) mass is 469 g/mol. The number of hydrogen-bond donors (Lipinski definition) is 1. The van der Waals surface area contributed by atoms with E-state index in [2.05, 4.69) is 5.32 Å². The van der Waals surface area contributed by atoms with E-state index in [1.165, 1.54) is 0 Å². The molecule has 4 amide bonds. The van der Waals surface area contributed by atoms with Crippen LogP contribution in [0, 0.1) is 0 Å². The van der Waals surface area contributed by atoms with Crippen LogP contribution in [0.3, 0.4) is 0 Å². The highest BCUT2D eigenvalue weighted by Gasteiger charge is 2.53. The summed E-state index contributed by atoms with van der Waals surface area (Å²) < 4.78 is 0. The van der Waals surface area contributed by atoms with Gasteiger partial charge in [0.05, 0.1) is 0 Å². The Labute approximate surface area is 206 Å². The van der Waals surface area contributed by atoms with Crippen molar-refractivity contribution in [2.75, 3.05) is 6.54 Å². The molecule has 6 nitrogen and oxygen atoms in total. The molecule has 0 aliphatic carbocycles. The van der Waals surface area contributed by atoms with Gasteiger partial charge in [-0.15, -0.1) is 0 Å². The number of imide groups is 1. The van der Waals surface area contributed by atoms with Gasteiger partial charge in [-0.2, -0.15) is 0 Å². The van der Waals surface area contributed by atoms with Gasteiger partial charge in [0.25, 0.3) is 5.91 Å². The molecular formula is C29H31N3O3. The Morgan fingerprint density at radius 3 is 1.89 bits per heavy atom. The maximum atomic E-state index is 13.9. The molecule has 35 heavy (non-hydrogen) atoms. The van der Waals surface area contributed by atoms with Crippen LogP contribution in [0.2, 0.25) is 0 Å². The van der Waals surface area contributed by atoms with E-state index in [0.717, 1.165) is 16.0 Å². The number of carbonyl (C=O) groups excluding carboxylic acids is 3. The van der Waals surface area contributed by atoms with Crippen LogP contribution in [-0.4, -0.2) is 39.7 Å². The zero-order valence-corrected chi connectivity index (χ0v) is 20.4. The normalized spacial score (nSPS) is 17.9. The fourth-order valence-corrected chi connectivity index (χ4v) is 4.50. The van der Waals surface area contributed by atoms with Gasteiger partial charge in [0.15, 0.2) is 5.54 Å². The van der Waals surface area contributed by atoms with Gasteiger partial charge in [-0.1, -0.05) is 91.0 Å². The standard InChI is InChI=1S/C29H31N3O3/c1-28(2,3)32(20-23-15-9-5-10-16-23)25(33)21-31-26(34)29(30-27(31)35,24-17-11-6-12-18-24)19-22-13-7-4-8-14-22/h4-18H,19-21H2,1-3H3,(H,30,35)/t29-/m1/s1. The van der Waals surface area contributed by atoms with Crippen LogP contribution in [0.5, 0.6) is 0 Å². The third-order valence-corrected chi connectivity index (χ3v) is 6.34. The van der Waals surface area contributed by atoms with E-state index in [0.29, 0.717) is 18.5 Å². The van der Waals surface area contributed by atoms with E-state index < -0.39 is 23.0 Å². The number of urea groups is 1. The van der Waals surface area contributed by atoms with Crippen LogP contribution < -0.4 is 5.32 Å². The van der Waals surface area contributed by atoms with Gasteiger partial charge in [0, 0.05) is 18.5 Å². The van der Waals surface area contributed by atoms with E-state index in [1.807, 2.05) is 112 Å². The second-order valence-corrected chi connectivity index (χ2v) is 9.89. The van der Waals surface area contributed by atoms with Gasteiger partial charge >= 0.3 is 6.03 Å². The molecule has 1 atom stereocenters. The number of nitrogens with one attached hydrogen (secondary N) is 1. The molecule has 1 aliphatic rings. The molecule has 1 fully saturated rings. The maximum Gasteiger partial charge on any atom is 0.325 e. The number of carbonyl (C=O) groups is 3. The van der Waals surface area contributed by atoms with E-state index in [-0.39, 0.29) is 12.5 Å². The smallest absolute Gasteiger partial charge is 0.325 e. The molecule has 1 aliphatic heterocycles. The van der Waals surface area contributed by atoms with Crippen molar-refractivity contribution in [3.05, 3.63) is 108 Å². The number of hydrogen-bond acceptors (Lipinski definition) is 3. The second-order valence-electron chi connectivity index (χ2n) is 9.89. The van der Waals surface area contributed by atoms with Crippen molar-refractivity contribution in [2.45, 2.75) is 44.8 Å². The average molecular weight is 470 g/mol. The van der Waals surface area contributed by atoms with Crippen molar-refractivity contribution < 1.29 is 14.4 Å². The summed E-state index contributed by atoms with van der Waals surface area (Å²) in [4.78, 5) is 43.3. The SMILES string of the molecule is CC(C)(C)N(Cc1ccccc1)C(=O)CN1C(=O)N[C@](Cc2ccccc2)(c2ccccc2)C1=O. The Morgan fingerprint density at radius 2 is 1.34 bits per heavy atom. The first-order valence-corrected chi connectivity index (χ1v) is 11.8. The van der Waals surface area contributed by atoms with Crippen molar-refractivity contribution in [3.63, 3.8) is 0 Å². The molecule has 0 unspecified atom stereocenters. The highest BCUT2D eigenvalue weighted by Crippen LogP contribution is 2.33. The lowest BCUT2D eigenvalue weighted by Gasteiger charge is -2.36. The highest BCUT2D eigenvalue weighted by atomic mass is 16.2. The summed E-state index contributed by atoms with van der Waals surface area (Å²) in [6.07, 6.45) is 0.292. The molecular weight excluding hydrogens is 438 g/mol. The second kappa shape index (κ2) is 9.74. The Hall–Kier alpha value is -3.93. The van der Waals surface area contributed by atoms with Crippen molar-refractivity contribution >= 4 is 17.8 Å². The largest absolute Gasteiger partial charge is 0.332 e. The molecule has 0 radical (unpaired) electrons. The molecule has 180 valence electrons. The van der Waals surface area contributed by atoms with Crippen molar-refractivity contribution in [1.29, 1.82) is 0 Å². The molecule has 6 heteroatoms. The minimum absolute atomic E-state index is 0.284. The minimum Gasteiger partial charge on any atom is -0.332 e. The van der Waals surface area contributed by atoms with Gasteiger partial charge in [-0.05, 0) is 37.5 Å². The lowest BCUT2D eigenvalue weighted by molar-refractivity contribution is -0.142. The molecule has 0 bridgehead atoms. The molecule has 4 rings (SSSR count). The Kier molecular flexibility index (Phi) is 6.74. The minimum atomic E-state index is -1.27. The Balaban J connectivity index is 1.63. The summed E-state index contributed by atoms with van der Waals surface area (Å²) in [7, 11) is 0. The van der Waals surface area contributed by atoms with Gasteiger partial charge in [0.1, 0.15) is 6.54 Å². The zero-order valence-electron chi connectivity index (χ0n) is 20.4. The van der Waals surface area contributed by atoms with E-state index >= 15 is 0 Å². The molecule has 3 aromatic carbocycles. The number of amides is 4. The quantitative estimate of drug-likeness (QED) is 0.518. The lowest BCUT2D eigenvalue weighted by Crippen LogP contribution is -2.51. The van der Waals surface area contributed by atoms with Gasteiger partial charge < -0.3 is 10.2 Å². The van der Waals surface area contributed by atoms with Crippen LogP contribution in [-0.2, 0) is 28.1 Å². The van der Waals surface area contributed by atoms with Crippen LogP contribution in [0.25, 0.3) is 0 Å². The number of benzene rings is 3. The molecule has 0 saturated carbocycles. The summed E-state index contributed by atoms with van der Waals surface area (Å²) >= 11 is 0. The third kappa shape index (κ3) is 5.11. The van der Waals surface area contributed by atoms with Crippen LogP contribution in [0.15, 0.2) is 91.0 Å². The molecule has 0 spiro atoms. The molecule has 1 N–H and O–H groups in total. The lowest BCUT2D eigenvalue weighted by atomic mass is 9.83. The van der Waals surface area contributed by atoms with E-state index in [1.54, 1.807) is 4.90 Å². The Morgan fingerprint density at radius 1 is 0.829 bits per heavy atom. The first-order valence-electron chi connectivity index (χ1n) is 11.8. The predicted octanol–water partition coefficient (Wildman–Crippen LogP) is 4.50. The summed E-state index contributed by atoms with van der Waals surface area (Å²) in [5.74, 6) is -0.701. The summed E-state index contributed by atoms with van der Waals surface area (Å²) in [5, 5.41) is 2.93. The first-order chi connectivity index (χ1) is 16.7. The highest BCUT2D eigenvalue weighted by molar-refractivity contribution is 6.09. The molecule has 1 saturated heterocycles. The van der Waals surface area contributed by atoms with Crippen LogP contribution in [0.1, 0.15) is 37.5 Å². The van der Waals surface area contributed by atoms with E-state index in [9.17, 15) is 14.4 Å². The summed E-state index contributed by atoms with van der Waals surface area (Å²) in [6.45, 7) is 5.91. The fraction of sp³-hybridized carbons (Fsp3) is 0.276. The van der Waals surface area contributed by atoms with Crippen molar-refractivity contribution in [2.24, 2.45) is 0 Å². The van der Waals surface area contributed by atoms with Crippen molar-refractivity contribution in [1.82, 2.24) is 15.1 Å². The molecule has 3 aromatic rings. The maximum absolute atomic E-state index is 13.9. The van der Waals surface area contributed by atoms with Crippen LogP contribution in [0.4, 0.5) is 4.79 Å². The third-order valence-electron chi connectivity index (χ3n) is 6.34.